The molecule has 0 aliphatic carbocycles. The van der Waals surface area contributed by atoms with Crippen molar-refractivity contribution in [3.05, 3.63) is 91.0 Å². The first-order chi connectivity index (χ1) is 21.1. The number of nitriles is 1. The summed E-state index contributed by atoms with van der Waals surface area (Å²) >= 11 is 0. The number of rotatable bonds is 7. The van der Waals surface area contributed by atoms with E-state index in [9.17, 15) is 0 Å². The van der Waals surface area contributed by atoms with Gasteiger partial charge in [-0.25, -0.2) is 34.6 Å². The van der Waals surface area contributed by atoms with Crippen LogP contribution in [0.1, 0.15) is 24.2 Å². The Morgan fingerprint density at radius 3 is 2.58 bits per heavy atom. The van der Waals surface area contributed by atoms with Crippen molar-refractivity contribution in [1.29, 1.82) is 5.26 Å². The highest BCUT2D eigenvalue weighted by Crippen LogP contribution is 2.31. The van der Waals surface area contributed by atoms with Gasteiger partial charge in [-0.15, -0.1) is 0 Å². The van der Waals surface area contributed by atoms with E-state index in [4.69, 9.17) is 21.0 Å². The first-order valence-corrected chi connectivity index (χ1v) is 13.9. The molecular formula is C30H27N13. The maximum atomic E-state index is 9.05. The highest BCUT2D eigenvalue weighted by molar-refractivity contribution is 5.83. The van der Waals surface area contributed by atoms with Crippen molar-refractivity contribution in [3.63, 3.8) is 0 Å². The maximum absolute atomic E-state index is 9.05. The van der Waals surface area contributed by atoms with Crippen molar-refractivity contribution in [2.45, 2.75) is 25.4 Å². The minimum atomic E-state index is 0.178. The van der Waals surface area contributed by atoms with Crippen molar-refractivity contribution < 1.29 is 0 Å². The van der Waals surface area contributed by atoms with Crippen LogP contribution in [0.2, 0.25) is 0 Å². The molecule has 5 aromatic heterocycles. The summed E-state index contributed by atoms with van der Waals surface area (Å²) in [5.41, 5.74) is 10.6. The summed E-state index contributed by atoms with van der Waals surface area (Å²) in [6, 6.07) is 20.1. The van der Waals surface area contributed by atoms with Gasteiger partial charge < -0.3 is 11.1 Å². The molecular weight excluding hydrogens is 542 g/mol. The number of fused-ring (bicyclic) bond motifs is 1. The Hall–Kier alpha value is -5.74. The van der Waals surface area contributed by atoms with Crippen LogP contribution >= 0.6 is 0 Å². The van der Waals surface area contributed by atoms with Gasteiger partial charge in [-0.3, -0.25) is 9.47 Å². The molecule has 1 aliphatic heterocycles. The van der Waals surface area contributed by atoms with Gasteiger partial charge in [0.25, 0.3) is 0 Å². The van der Waals surface area contributed by atoms with Crippen LogP contribution in [0.5, 0.6) is 0 Å². The fourth-order valence-corrected chi connectivity index (χ4v) is 5.38. The predicted octanol–water partition coefficient (Wildman–Crippen LogP) is 3.38. The number of nitrogens with one attached hydrogen (secondary N) is 1. The van der Waals surface area contributed by atoms with Crippen LogP contribution in [0.4, 0.5) is 11.6 Å². The molecule has 7 rings (SSSR count). The van der Waals surface area contributed by atoms with Gasteiger partial charge in [-0.05, 0) is 60.9 Å². The number of anilines is 2. The average molecular weight is 570 g/mol. The minimum Gasteiger partial charge on any atom is -0.383 e. The molecule has 0 bridgehead atoms. The minimum absolute atomic E-state index is 0.178. The maximum Gasteiger partial charge on any atom is 0.234 e. The van der Waals surface area contributed by atoms with Crippen molar-refractivity contribution in [2.24, 2.45) is 0 Å². The summed E-state index contributed by atoms with van der Waals surface area (Å²) in [6.07, 6.45) is 8.34. The first-order valence-electron chi connectivity index (χ1n) is 13.9. The molecule has 0 amide bonds. The summed E-state index contributed by atoms with van der Waals surface area (Å²) in [6.45, 7) is 2.77. The van der Waals surface area contributed by atoms with E-state index in [0.717, 1.165) is 49.2 Å². The van der Waals surface area contributed by atoms with Gasteiger partial charge in [-0.1, -0.05) is 12.1 Å². The summed E-state index contributed by atoms with van der Waals surface area (Å²) in [5.74, 6) is 2.57. The van der Waals surface area contributed by atoms with Crippen molar-refractivity contribution in [3.8, 4) is 29.0 Å². The molecule has 43 heavy (non-hydrogen) atoms. The quantitative estimate of drug-likeness (QED) is 0.289. The molecule has 0 saturated carbocycles. The number of pyridine rings is 2. The zero-order valence-electron chi connectivity index (χ0n) is 23.1. The summed E-state index contributed by atoms with van der Waals surface area (Å²) in [5, 5.41) is 16.7. The second-order valence-electron chi connectivity index (χ2n) is 10.3. The number of hydrogen-bond donors (Lipinski definition) is 2. The van der Waals surface area contributed by atoms with Crippen LogP contribution in [0, 0.1) is 11.3 Å². The van der Waals surface area contributed by atoms with E-state index in [1.54, 1.807) is 29.5 Å². The van der Waals surface area contributed by atoms with Crippen molar-refractivity contribution in [2.75, 3.05) is 24.1 Å². The third-order valence-electron chi connectivity index (χ3n) is 7.52. The molecule has 3 N–H and O–H groups in total. The van der Waals surface area contributed by atoms with Gasteiger partial charge in [0.15, 0.2) is 17.3 Å². The fourth-order valence-electron chi connectivity index (χ4n) is 5.38. The molecule has 0 atom stereocenters. The van der Waals surface area contributed by atoms with Crippen LogP contribution in [0.25, 0.3) is 34.1 Å². The summed E-state index contributed by atoms with van der Waals surface area (Å²) in [7, 11) is 0. The number of nitrogens with zero attached hydrogens (tertiary/aromatic N) is 11. The van der Waals surface area contributed by atoms with Gasteiger partial charge in [-0.2, -0.15) is 10.4 Å². The van der Waals surface area contributed by atoms with E-state index in [-0.39, 0.29) is 5.82 Å². The molecule has 0 radical (unpaired) electrons. The Labute approximate surface area is 246 Å². The lowest BCUT2D eigenvalue weighted by Gasteiger charge is -2.32. The van der Waals surface area contributed by atoms with Crippen LogP contribution in [-0.4, -0.2) is 68.3 Å². The molecule has 0 spiro atoms. The summed E-state index contributed by atoms with van der Waals surface area (Å²) < 4.78 is 3.63. The molecule has 6 heterocycles. The van der Waals surface area contributed by atoms with Gasteiger partial charge in [0, 0.05) is 43.8 Å². The van der Waals surface area contributed by atoms with Gasteiger partial charge in [0.1, 0.15) is 35.9 Å². The van der Waals surface area contributed by atoms with E-state index in [1.807, 2.05) is 34.9 Å². The Bertz CT molecular complexity index is 1910. The van der Waals surface area contributed by atoms with Gasteiger partial charge in [0.05, 0.1) is 5.56 Å². The number of hydrogen-bond acceptors (Lipinski definition) is 11. The van der Waals surface area contributed by atoms with E-state index in [0.29, 0.717) is 35.0 Å². The lowest BCUT2D eigenvalue weighted by molar-refractivity contribution is 0.211. The number of likely N-dealkylation sites (tertiary alicyclic amines) is 1. The first kappa shape index (κ1) is 26.2. The fraction of sp³-hybridized carbons (Fsp3) is 0.200. The summed E-state index contributed by atoms with van der Waals surface area (Å²) in [4.78, 5) is 28.8. The normalized spacial score (nSPS) is 14.1. The smallest absolute Gasteiger partial charge is 0.234 e. The molecule has 0 unspecified atom stereocenters. The Morgan fingerprint density at radius 2 is 1.81 bits per heavy atom. The van der Waals surface area contributed by atoms with E-state index < -0.39 is 0 Å². The van der Waals surface area contributed by atoms with E-state index in [2.05, 4.69) is 59.5 Å². The lowest BCUT2D eigenvalue weighted by atomic mass is 10.0. The van der Waals surface area contributed by atoms with E-state index >= 15 is 0 Å². The number of piperidine rings is 1. The monoisotopic (exact) mass is 569 g/mol. The highest BCUT2D eigenvalue weighted by Gasteiger charge is 2.21. The molecule has 13 nitrogen and oxygen atoms in total. The Kier molecular flexibility index (Phi) is 6.86. The van der Waals surface area contributed by atoms with Gasteiger partial charge >= 0.3 is 0 Å². The molecule has 1 aromatic carbocycles. The van der Waals surface area contributed by atoms with Crippen LogP contribution in [0.15, 0.2) is 79.6 Å². The lowest BCUT2D eigenvalue weighted by Crippen LogP contribution is -2.38. The number of nitrogens with two attached hydrogens (primary N) is 1. The molecule has 1 aliphatic rings. The number of aromatic nitrogens is 9. The second-order valence-corrected chi connectivity index (χ2v) is 10.3. The molecule has 212 valence electrons. The Balaban J connectivity index is 1.12. The van der Waals surface area contributed by atoms with Gasteiger partial charge in [0.2, 0.25) is 5.82 Å². The SMILES string of the molecule is N#Cc1nccc(NC2CCN(Cc3ccc(-n4c(-c5cccnc5N)nc5ccc(-n6cncn6)nc54)cc3)CC2)n1. The third kappa shape index (κ3) is 5.34. The zero-order valence-corrected chi connectivity index (χ0v) is 23.1. The van der Waals surface area contributed by atoms with E-state index in [1.165, 1.54) is 11.9 Å². The van der Waals surface area contributed by atoms with Crippen LogP contribution < -0.4 is 11.1 Å². The Morgan fingerprint density at radius 1 is 0.953 bits per heavy atom. The molecule has 13 heteroatoms. The van der Waals surface area contributed by atoms with Crippen molar-refractivity contribution >= 4 is 22.8 Å². The van der Waals surface area contributed by atoms with Crippen molar-refractivity contribution in [1.82, 2.24) is 49.2 Å². The number of benzene rings is 1. The van der Waals surface area contributed by atoms with Crippen LogP contribution in [0.3, 0.4) is 0 Å². The molecule has 1 fully saturated rings. The number of imidazole rings is 1. The largest absolute Gasteiger partial charge is 0.383 e. The number of nitrogen functional groups attached to an aromatic ring is 1. The molecule has 6 aromatic rings. The molecule has 1 saturated heterocycles. The highest BCUT2D eigenvalue weighted by atomic mass is 15.3. The standard InChI is InChI=1S/C30H27N13/c31-16-26-34-13-9-25(39-26)37-21-10-14-41(15-11-21)17-20-3-5-22(6-4-20)43-29(23-2-1-12-35-28(23)32)38-24-7-8-27(40-30(24)43)42-19-33-18-36-42/h1-9,12-13,18-19,21H,10-11,14-15,17H2,(H2,32,35)(H,34,37,39). The third-order valence-corrected chi connectivity index (χ3v) is 7.52. The topological polar surface area (TPSA) is 165 Å². The zero-order chi connectivity index (χ0) is 29.2. The second kappa shape index (κ2) is 11.3. The predicted molar refractivity (Wildman–Crippen MR) is 160 cm³/mol. The average Bonchev–Trinajstić information content (AvgIpc) is 3.71. The van der Waals surface area contributed by atoms with Crippen LogP contribution in [-0.2, 0) is 6.54 Å².